The highest BCUT2D eigenvalue weighted by molar-refractivity contribution is 5.05. The first-order chi connectivity index (χ1) is 15.6. The van der Waals surface area contributed by atoms with Crippen molar-refractivity contribution in [2.24, 2.45) is 0 Å². The SMILES string of the molecule is CCCCCCCCCCCCCCCCNC/C=C(\C)CC/C=C(/C)CCC=C(C)C. The first-order valence-electron chi connectivity index (χ1n) is 14.2. The van der Waals surface area contributed by atoms with Crippen molar-refractivity contribution in [3.8, 4) is 0 Å². The van der Waals surface area contributed by atoms with E-state index >= 15 is 0 Å². The maximum Gasteiger partial charge on any atom is 0.0137 e. The zero-order valence-electron chi connectivity index (χ0n) is 22.9. The molecule has 0 aromatic rings. The largest absolute Gasteiger partial charge is 0.313 e. The lowest BCUT2D eigenvalue weighted by Crippen LogP contribution is -2.15. The first kappa shape index (κ1) is 31.2. The molecule has 0 rings (SSSR count). The molecule has 0 aromatic carbocycles. The Morgan fingerprint density at radius 1 is 0.531 bits per heavy atom. The van der Waals surface area contributed by atoms with Crippen molar-refractivity contribution in [2.45, 2.75) is 150 Å². The van der Waals surface area contributed by atoms with Crippen LogP contribution in [0.2, 0.25) is 0 Å². The van der Waals surface area contributed by atoms with Crippen LogP contribution < -0.4 is 5.32 Å². The van der Waals surface area contributed by atoms with Gasteiger partial charge in [-0.3, -0.25) is 0 Å². The third kappa shape index (κ3) is 25.4. The Morgan fingerprint density at radius 2 is 0.969 bits per heavy atom. The predicted molar refractivity (Wildman–Crippen MR) is 149 cm³/mol. The lowest BCUT2D eigenvalue weighted by molar-refractivity contribution is 0.532. The van der Waals surface area contributed by atoms with E-state index in [9.17, 15) is 0 Å². The van der Waals surface area contributed by atoms with E-state index in [0.29, 0.717) is 0 Å². The molecule has 0 aliphatic rings. The first-order valence-corrected chi connectivity index (χ1v) is 14.2. The van der Waals surface area contributed by atoms with Crippen molar-refractivity contribution in [3.63, 3.8) is 0 Å². The Balaban J connectivity index is 3.39. The minimum absolute atomic E-state index is 1.04. The average Bonchev–Trinajstić information content (AvgIpc) is 2.75. The van der Waals surface area contributed by atoms with Crippen LogP contribution in [-0.4, -0.2) is 13.1 Å². The van der Waals surface area contributed by atoms with Gasteiger partial charge in [-0.2, -0.15) is 0 Å². The summed E-state index contributed by atoms with van der Waals surface area (Å²) in [5.41, 5.74) is 4.48. The summed E-state index contributed by atoms with van der Waals surface area (Å²) >= 11 is 0. The second-order valence-corrected chi connectivity index (χ2v) is 10.3. The van der Waals surface area contributed by atoms with Crippen LogP contribution in [0.15, 0.2) is 34.9 Å². The lowest BCUT2D eigenvalue weighted by atomic mass is 10.0. The molecule has 0 radical (unpaired) electrons. The Morgan fingerprint density at radius 3 is 1.47 bits per heavy atom. The molecule has 1 heteroatoms. The van der Waals surface area contributed by atoms with Gasteiger partial charge in [-0.1, -0.05) is 125 Å². The summed E-state index contributed by atoms with van der Waals surface area (Å²) < 4.78 is 0. The molecule has 0 aliphatic heterocycles. The van der Waals surface area contributed by atoms with E-state index in [1.54, 1.807) is 0 Å². The molecular weight excluding hydrogens is 386 g/mol. The summed E-state index contributed by atoms with van der Waals surface area (Å²) in [6.45, 7) is 13.4. The van der Waals surface area contributed by atoms with Crippen molar-refractivity contribution >= 4 is 0 Å². The van der Waals surface area contributed by atoms with Crippen LogP contribution in [-0.2, 0) is 0 Å². The van der Waals surface area contributed by atoms with Gasteiger partial charge in [0.05, 0.1) is 0 Å². The van der Waals surface area contributed by atoms with Gasteiger partial charge in [-0.05, 0) is 66.3 Å². The standard InChI is InChI=1S/C31H59N/c1-6-7-8-9-10-11-12-13-14-15-16-17-18-19-27-32-28-26-31(5)25-21-24-30(4)23-20-22-29(2)3/h22,24,26,32H,6-21,23,25,27-28H2,1-5H3/b30-24-,31-26+. The van der Waals surface area contributed by atoms with Gasteiger partial charge in [0, 0.05) is 6.54 Å². The van der Waals surface area contributed by atoms with Gasteiger partial charge < -0.3 is 5.32 Å². The molecule has 0 aromatic heterocycles. The van der Waals surface area contributed by atoms with E-state index in [4.69, 9.17) is 0 Å². The lowest BCUT2D eigenvalue weighted by Gasteiger charge is -2.05. The molecule has 32 heavy (non-hydrogen) atoms. The van der Waals surface area contributed by atoms with E-state index in [-0.39, 0.29) is 0 Å². The number of rotatable bonds is 23. The van der Waals surface area contributed by atoms with Gasteiger partial charge >= 0.3 is 0 Å². The molecule has 0 saturated heterocycles. The highest BCUT2D eigenvalue weighted by Crippen LogP contribution is 2.13. The van der Waals surface area contributed by atoms with Gasteiger partial charge in [-0.25, -0.2) is 0 Å². The molecule has 0 unspecified atom stereocenters. The predicted octanol–water partition coefficient (Wildman–Crippen LogP) is 10.5. The molecule has 188 valence electrons. The summed E-state index contributed by atoms with van der Waals surface area (Å²) in [5, 5.41) is 3.60. The van der Waals surface area contributed by atoms with Crippen LogP contribution in [0.25, 0.3) is 0 Å². The molecule has 0 spiro atoms. The number of nitrogens with one attached hydrogen (secondary N) is 1. The smallest absolute Gasteiger partial charge is 0.0137 e. The minimum Gasteiger partial charge on any atom is -0.313 e. The summed E-state index contributed by atoms with van der Waals surface area (Å²) in [5.74, 6) is 0. The maximum atomic E-state index is 3.60. The third-order valence-electron chi connectivity index (χ3n) is 6.42. The van der Waals surface area contributed by atoms with E-state index in [1.165, 1.54) is 139 Å². The molecule has 0 fully saturated rings. The third-order valence-corrected chi connectivity index (χ3v) is 6.42. The van der Waals surface area contributed by atoms with Crippen molar-refractivity contribution in [1.29, 1.82) is 0 Å². The summed E-state index contributed by atoms with van der Waals surface area (Å²) in [7, 11) is 0. The Kier molecular flexibility index (Phi) is 24.2. The summed E-state index contributed by atoms with van der Waals surface area (Å²) in [4.78, 5) is 0. The molecule has 0 bridgehead atoms. The molecule has 0 atom stereocenters. The molecule has 1 N–H and O–H groups in total. The number of hydrogen-bond donors (Lipinski definition) is 1. The number of hydrogen-bond acceptors (Lipinski definition) is 1. The quantitative estimate of drug-likeness (QED) is 0.122. The van der Waals surface area contributed by atoms with Crippen LogP contribution in [0, 0.1) is 0 Å². The maximum absolute atomic E-state index is 3.60. The normalized spacial score (nSPS) is 12.4. The zero-order valence-corrected chi connectivity index (χ0v) is 22.9. The monoisotopic (exact) mass is 445 g/mol. The van der Waals surface area contributed by atoms with E-state index < -0.39 is 0 Å². The molecule has 0 saturated carbocycles. The van der Waals surface area contributed by atoms with Crippen molar-refractivity contribution in [2.75, 3.05) is 13.1 Å². The Hall–Kier alpha value is -0.820. The number of allylic oxidation sites excluding steroid dienone is 5. The van der Waals surface area contributed by atoms with Gasteiger partial charge in [0.15, 0.2) is 0 Å². The van der Waals surface area contributed by atoms with Gasteiger partial charge in [0.25, 0.3) is 0 Å². The summed E-state index contributed by atoms with van der Waals surface area (Å²) in [6.07, 6.45) is 32.0. The highest BCUT2D eigenvalue weighted by atomic mass is 14.8. The molecular formula is C31H59N. The van der Waals surface area contributed by atoms with Gasteiger partial charge in [0.1, 0.15) is 0 Å². The fourth-order valence-corrected chi connectivity index (χ4v) is 4.13. The fourth-order valence-electron chi connectivity index (χ4n) is 4.13. The topological polar surface area (TPSA) is 12.0 Å². The fraction of sp³-hybridized carbons (Fsp3) is 0.806. The van der Waals surface area contributed by atoms with Crippen LogP contribution in [0.5, 0.6) is 0 Å². The van der Waals surface area contributed by atoms with E-state index in [2.05, 4.69) is 58.2 Å². The van der Waals surface area contributed by atoms with Crippen LogP contribution in [0.4, 0.5) is 0 Å². The van der Waals surface area contributed by atoms with Crippen molar-refractivity contribution in [3.05, 3.63) is 34.9 Å². The highest BCUT2D eigenvalue weighted by Gasteiger charge is 1.95. The summed E-state index contributed by atoms with van der Waals surface area (Å²) in [6, 6.07) is 0. The van der Waals surface area contributed by atoms with Gasteiger partial charge in [0.2, 0.25) is 0 Å². The zero-order chi connectivity index (χ0) is 23.7. The second kappa shape index (κ2) is 24.8. The number of unbranched alkanes of at least 4 members (excludes halogenated alkanes) is 13. The second-order valence-electron chi connectivity index (χ2n) is 10.3. The molecule has 0 amide bonds. The van der Waals surface area contributed by atoms with E-state index in [0.717, 1.165) is 6.54 Å². The van der Waals surface area contributed by atoms with Crippen molar-refractivity contribution in [1.82, 2.24) is 5.32 Å². The van der Waals surface area contributed by atoms with Crippen molar-refractivity contribution < 1.29 is 0 Å². The Bertz CT molecular complexity index is 479. The minimum atomic E-state index is 1.04. The Labute approximate surface area is 203 Å². The molecule has 0 heterocycles. The van der Waals surface area contributed by atoms with E-state index in [1.807, 2.05) is 0 Å². The molecule has 0 aliphatic carbocycles. The average molecular weight is 446 g/mol. The van der Waals surface area contributed by atoms with Crippen LogP contribution in [0.1, 0.15) is 150 Å². The van der Waals surface area contributed by atoms with Crippen LogP contribution >= 0.6 is 0 Å². The van der Waals surface area contributed by atoms with Gasteiger partial charge in [-0.15, -0.1) is 0 Å². The molecule has 1 nitrogen and oxygen atoms in total. The van der Waals surface area contributed by atoms with Crippen LogP contribution in [0.3, 0.4) is 0 Å².